The van der Waals surface area contributed by atoms with Gasteiger partial charge in [-0.1, -0.05) is 6.07 Å². The van der Waals surface area contributed by atoms with Crippen LogP contribution in [0.4, 0.5) is 11.6 Å². The zero-order valence-corrected chi connectivity index (χ0v) is 9.96. The molecule has 0 aliphatic heterocycles. The van der Waals surface area contributed by atoms with Crippen LogP contribution in [0, 0.1) is 0 Å². The van der Waals surface area contributed by atoms with E-state index >= 15 is 0 Å². The summed E-state index contributed by atoms with van der Waals surface area (Å²) in [5, 5.41) is 3.22. The van der Waals surface area contributed by atoms with Gasteiger partial charge in [-0.15, -0.1) is 0 Å². The average Bonchev–Trinajstić information content (AvgIpc) is 2.38. The van der Waals surface area contributed by atoms with Gasteiger partial charge in [0.1, 0.15) is 18.0 Å². The molecule has 0 radical (unpaired) electrons. The summed E-state index contributed by atoms with van der Waals surface area (Å²) in [5.74, 6) is 1.68. The van der Waals surface area contributed by atoms with E-state index in [1.165, 1.54) is 0 Å². The van der Waals surface area contributed by atoms with Gasteiger partial charge in [0.25, 0.3) is 0 Å². The van der Waals surface area contributed by atoms with Gasteiger partial charge in [0.2, 0.25) is 0 Å². The average molecular weight is 229 g/mol. The minimum Gasteiger partial charge on any atom is -0.364 e. The number of aromatic nitrogens is 3. The van der Waals surface area contributed by atoms with Crippen LogP contribution < -0.4 is 10.2 Å². The molecule has 2 heterocycles. The van der Waals surface area contributed by atoms with Crippen LogP contribution in [-0.4, -0.2) is 29.0 Å². The third kappa shape index (κ3) is 3.14. The molecule has 0 unspecified atom stereocenters. The molecule has 0 saturated heterocycles. The van der Waals surface area contributed by atoms with Gasteiger partial charge in [0.15, 0.2) is 0 Å². The Morgan fingerprint density at radius 1 is 1.18 bits per heavy atom. The van der Waals surface area contributed by atoms with Gasteiger partial charge in [0.05, 0.1) is 12.2 Å². The molecule has 2 aromatic rings. The predicted octanol–water partition coefficient (Wildman–Crippen LogP) is 1.55. The van der Waals surface area contributed by atoms with E-state index < -0.39 is 0 Å². The summed E-state index contributed by atoms with van der Waals surface area (Å²) in [7, 11) is 3.90. The molecule has 0 fully saturated rings. The van der Waals surface area contributed by atoms with Gasteiger partial charge in [0, 0.05) is 26.4 Å². The summed E-state index contributed by atoms with van der Waals surface area (Å²) >= 11 is 0. The van der Waals surface area contributed by atoms with Crippen molar-refractivity contribution in [1.82, 2.24) is 15.0 Å². The van der Waals surface area contributed by atoms with Crippen molar-refractivity contribution < 1.29 is 0 Å². The standard InChI is InChI=1S/C12H15N5/c1-17(2)12-7-11(15-9-16-12)14-8-10-5-3-4-6-13-10/h3-7,9H,8H2,1-2H3,(H,14,15,16). The second-order valence-corrected chi connectivity index (χ2v) is 3.83. The zero-order valence-electron chi connectivity index (χ0n) is 9.96. The highest BCUT2D eigenvalue weighted by molar-refractivity contribution is 5.47. The fourth-order valence-electron chi connectivity index (χ4n) is 1.37. The number of hydrogen-bond acceptors (Lipinski definition) is 5. The van der Waals surface area contributed by atoms with Crippen molar-refractivity contribution in [2.75, 3.05) is 24.3 Å². The molecular weight excluding hydrogens is 214 g/mol. The molecular formula is C12H15N5. The van der Waals surface area contributed by atoms with Crippen molar-refractivity contribution in [3.05, 3.63) is 42.5 Å². The second kappa shape index (κ2) is 5.25. The second-order valence-electron chi connectivity index (χ2n) is 3.83. The van der Waals surface area contributed by atoms with E-state index in [1.54, 1.807) is 12.5 Å². The fourth-order valence-corrected chi connectivity index (χ4v) is 1.37. The van der Waals surface area contributed by atoms with Gasteiger partial charge in [-0.3, -0.25) is 4.98 Å². The first kappa shape index (κ1) is 11.3. The Bertz CT molecular complexity index is 469. The van der Waals surface area contributed by atoms with Crippen molar-refractivity contribution in [3.8, 4) is 0 Å². The van der Waals surface area contributed by atoms with Gasteiger partial charge >= 0.3 is 0 Å². The molecule has 0 amide bonds. The zero-order chi connectivity index (χ0) is 12.1. The van der Waals surface area contributed by atoms with Crippen molar-refractivity contribution >= 4 is 11.6 Å². The van der Waals surface area contributed by atoms with E-state index in [0.717, 1.165) is 17.3 Å². The van der Waals surface area contributed by atoms with Crippen LogP contribution in [0.15, 0.2) is 36.8 Å². The molecule has 0 bridgehead atoms. The maximum atomic E-state index is 4.24. The van der Waals surface area contributed by atoms with E-state index in [4.69, 9.17) is 0 Å². The molecule has 0 spiro atoms. The molecule has 0 atom stereocenters. The van der Waals surface area contributed by atoms with Crippen molar-refractivity contribution in [3.63, 3.8) is 0 Å². The molecule has 2 aromatic heterocycles. The van der Waals surface area contributed by atoms with Gasteiger partial charge in [-0.2, -0.15) is 0 Å². The molecule has 0 aliphatic rings. The normalized spacial score (nSPS) is 10.0. The first-order valence-electron chi connectivity index (χ1n) is 5.39. The largest absolute Gasteiger partial charge is 0.364 e. The molecule has 2 rings (SSSR count). The SMILES string of the molecule is CN(C)c1cc(NCc2ccccn2)ncn1. The Balaban J connectivity index is 2.02. The minimum absolute atomic E-state index is 0.657. The lowest BCUT2D eigenvalue weighted by Crippen LogP contribution is -2.12. The van der Waals surface area contributed by atoms with E-state index in [9.17, 15) is 0 Å². The van der Waals surface area contributed by atoms with Gasteiger partial charge in [-0.05, 0) is 12.1 Å². The summed E-state index contributed by atoms with van der Waals surface area (Å²) in [4.78, 5) is 14.5. The van der Waals surface area contributed by atoms with Crippen LogP contribution in [0.3, 0.4) is 0 Å². The Hall–Kier alpha value is -2.17. The van der Waals surface area contributed by atoms with Crippen LogP contribution in [0.25, 0.3) is 0 Å². The molecule has 1 N–H and O–H groups in total. The van der Waals surface area contributed by atoms with Crippen LogP contribution in [0.5, 0.6) is 0 Å². The van der Waals surface area contributed by atoms with E-state index in [0.29, 0.717) is 6.54 Å². The Morgan fingerprint density at radius 3 is 2.76 bits per heavy atom. The van der Waals surface area contributed by atoms with Gasteiger partial charge < -0.3 is 10.2 Å². The number of pyridine rings is 1. The van der Waals surface area contributed by atoms with Crippen molar-refractivity contribution in [2.45, 2.75) is 6.54 Å². The maximum Gasteiger partial charge on any atom is 0.133 e. The lowest BCUT2D eigenvalue weighted by molar-refractivity contribution is 1.000. The summed E-state index contributed by atoms with van der Waals surface area (Å²) in [6.45, 7) is 0.657. The number of nitrogens with one attached hydrogen (secondary N) is 1. The molecule has 5 heteroatoms. The molecule has 0 saturated carbocycles. The quantitative estimate of drug-likeness (QED) is 0.862. The summed E-state index contributed by atoms with van der Waals surface area (Å²) in [5.41, 5.74) is 0.984. The molecule has 5 nitrogen and oxygen atoms in total. The lowest BCUT2D eigenvalue weighted by atomic mass is 10.3. The third-order valence-corrected chi connectivity index (χ3v) is 2.29. The fraction of sp³-hybridized carbons (Fsp3) is 0.250. The monoisotopic (exact) mass is 229 g/mol. The summed E-state index contributed by atoms with van der Waals surface area (Å²) < 4.78 is 0. The predicted molar refractivity (Wildman–Crippen MR) is 67.9 cm³/mol. The van der Waals surface area contributed by atoms with Crippen molar-refractivity contribution in [2.24, 2.45) is 0 Å². The highest BCUT2D eigenvalue weighted by Gasteiger charge is 2.00. The number of anilines is 2. The van der Waals surface area contributed by atoms with E-state index in [1.807, 2.05) is 43.3 Å². The number of nitrogens with zero attached hydrogens (tertiary/aromatic N) is 4. The minimum atomic E-state index is 0.657. The molecule has 0 aliphatic carbocycles. The molecule has 17 heavy (non-hydrogen) atoms. The van der Waals surface area contributed by atoms with E-state index in [-0.39, 0.29) is 0 Å². The van der Waals surface area contributed by atoms with Crippen LogP contribution >= 0.6 is 0 Å². The van der Waals surface area contributed by atoms with Crippen LogP contribution in [0.2, 0.25) is 0 Å². The first-order chi connectivity index (χ1) is 8.25. The van der Waals surface area contributed by atoms with Crippen LogP contribution in [0.1, 0.15) is 5.69 Å². The van der Waals surface area contributed by atoms with Crippen molar-refractivity contribution in [1.29, 1.82) is 0 Å². The van der Waals surface area contributed by atoms with Crippen LogP contribution in [-0.2, 0) is 6.54 Å². The Kier molecular flexibility index (Phi) is 3.49. The summed E-state index contributed by atoms with van der Waals surface area (Å²) in [6.07, 6.45) is 3.33. The smallest absolute Gasteiger partial charge is 0.133 e. The molecule has 88 valence electrons. The maximum absolute atomic E-state index is 4.24. The topological polar surface area (TPSA) is 53.9 Å². The highest BCUT2D eigenvalue weighted by Crippen LogP contribution is 2.11. The highest BCUT2D eigenvalue weighted by atomic mass is 15.2. The Morgan fingerprint density at radius 2 is 2.06 bits per heavy atom. The third-order valence-electron chi connectivity index (χ3n) is 2.29. The first-order valence-corrected chi connectivity index (χ1v) is 5.39. The lowest BCUT2D eigenvalue weighted by Gasteiger charge is -2.12. The Labute approximate surface area is 101 Å². The summed E-state index contributed by atoms with van der Waals surface area (Å²) in [6, 6.07) is 7.75. The van der Waals surface area contributed by atoms with E-state index in [2.05, 4.69) is 20.3 Å². The molecule has 0 aromatic carbocycles. The number of rotatable bonds is 4. The number of hydrogen-bond donors (Lipinski definition) is 1. The van der Waals surface area contributed by atoms with Gasteiger partial charge in [-0.25, -0.2) is 9.97 Å².